The number of nitrogens with zero attached hydrogens (tertiary/aromatic N) is 1. The number of primary amides is 1. The van der Waals surface area contributed by atoms with Crippen molar-refractivity contribution in [3.63, 3.8) is 0 Å². The van der Waals surface area contributed by atoms with E-state index in [1.807, 2.05) is 6.07 Å². The summed E-state index contributed by atoms with van der Waals surface area (Å²) < 4.78 is 11.3. The fraction of sp³-hybridized carbons (Fsp3) is 0.500. The molecule has 0 radical (unpaired) electrons. The second kappa shape index (κ2) is 7.55. The number of ether oxygens (including phenoxy) is 2. The van der Waals surface area contributed by atoms with Gasteiger partial charge in [0.05, 0.1) is 25.2 Å². The lowest BCUT2D eigenvalue weighted by atomic mass is 10.00. The average molecular weight is 303 g/mol. The molecule has 22 heavy (non-hydrogen) atoms. The van der Waals surface area contributed by atoms with E-state index in [-0.39, 0.29) is 12.6 Å². The van der Waals surface area contributed by atoms with Crippen molar-refractivity contribution in [1.82, 2.24) is 5.32 Å². The highest BCUT2D eigenvalue weighted by Gasteiger charge is 2.20. The predicted molar refractivity (Wildman–Crippen MR) is 81.8 cm³/mol. The SMILES string of the molecule is COc1ccc(C(C#N)CNC(N)=O)cc1OC1CCCC1. The predicted octanol–water partition coefficient (Wildman–Crippen LogP) is 2.29. The minimum atomic E-state index is -0.642. The van der Waals surface area contributed by atoms with E-state index in [9.17, 15) is 10.1 Å². The molecule has 1 aliphatic rings. The summed E-state index contributed by atoms with van der Waals surface area (Å²) in [5.74, 6) is 0.811. The Morgan fingerprint density at radius 3 is 2.77 bits per heavy atom. The summed E-state index contributed by atoms with van der Waals surface area (Å²) in [7, 11) is 1.59. The van der Waals surface area contributed by atoms with E-state index in [2.05, 4.69) is 11.4 Å². The Balaban J connectivity index is 2.17. The number of nitrogens with two attached hydrogens (primary N) is 1. The molecule has 0 heterocycles. The van der Waals surface area contributed by atoms with Gasteiger partial charge in [0.25, 0.3) is 0 Å². The molecule has 1 fully saturated rings. The number of rotatable bonds is 6. The van der Waals surface area contributed by atoms with Crippen LogP contribution in [0, 0.1) is 11.3 Å². The van der Waals surface area contributed by atoms with E-state index in [1.54, 1.807) is 19.2 Å². The number of benzene rings is 1. The number of methoxy groups -OCH3 is 1. The van der Waals surface area contributed by atoms with Crippen LogP contribution in [0.1, 0.15) is 37.2 Å². The number of nitrogens with one attached hydrogen (secondary N) is 1. The Morgan fingerprint density at radius 2 is 2.18 bits per heavy atom. The average Bonchev–Trinajstić information content (AvgIpc) is 3.01. The van der Waals surface area contributed by atoms with Crippen LogP contribution in [-0.2, 0) is 0 Å². The van der Waals surface area contributed by atoms with Crippen LogP contribution in [0.4, 0.5) is 4.79 Å². The van der Waals surface area contributed by atoms with Crippen molar-refractivity contribution in [2.24, 2.45) is 5.73 Å². The van der Waals surface area contributed by atoms with Gasteiger partial charge in [-0.3, -0.25) is 0 Å². The number of urea groups is 1. The fourth-order valence-electron chi connectivity index (χ4n) is 2.63. The van der Waals surface area contributed by atoms with E-state index in [0.29, 0.717) is 11.5 Å². The zero-order chi connectivity index (χ0) is 15.9. The van der Waals surface area contributed by atoms with Crippen molar-refractivity contribution in [3.8, 4) is 17.6 Å². The van der Waals surface area contributed by atoms with Gasteiger partial charge >= 0.3 is 6.03 Å². The van der Waals surface area contributed by atoms with Crippen LogP contribution in [0.3, 0.4) is 0 Å². The molecule has 0 spiro atoms. The molecule has 0 aliphatic heterocycles. The summed E-state index contributed by atoms with van der Waals surface area (Å²) >= 11 is 0. The molecule has 118 valence electrons. The van der Waals surface area contributed by atoms with Crippen molar-refractivity contribution in [3.05, 3.63) is 23.8 Å². The molecule has 1 aromatic rings. The molecule has 1 atom stereocenters. The van der Waals surface area contributed by atoms with Crippen LogP contribution in [0.5, 0.6) is 11.5 Å². The van der Waals surface area contributed by atoms with Crippen molar-refractivity contribution in [2.75, 3.05) is 13.7 Å². The summed E-state index contributed by atoms with van der Waals surface area (Å²) in [4.78, 5) is 10.8. The van der Waals surface area contributed by atoms with Gasteiger partial charge in [0.1, 0.15) is 0 Å². The molecule has 1 saturated carbocycles. The third kappa shape index (κ3) is 4.04. The van der Waals surface area contributed by atoms with Gasteiger partial charge in [-0.05, 0) is 43.4 Å². The molecule has 1 aliphatic carbocycles. The highest BCUT2D eigenvalue weighted by Crippen LogP contribution is 2.34. The Bertz CT molecular complexity index is 562. The normalized spacial score (nSPS) is 15.8. The van der Waals surface area contributed by atoms with E-state index < -0.39 is 11.9 Å². The first-order valence-corrected chi connectivity index (χ1v) is 7.41. The number of carbonyl (C=O) groups excluding carboxylic acids is 1. The molecule has 1 unspecified atom stereocenters. The molecule has 2 rings (SSSR count). The molecular weight excluding hydrogens is 282 g/mol. The quantitative estimate of drug-likeness (QED) is 0.842. The highest BCUT2D eigenvalue weighted by molar-refractivity contribution is 5.71. The Hall–Kier alpha value is -2.42. The Morgan fingerprint density at radius 1 is 1.45 bits per heavy atom. The first kappa shape index (κ1) is 16.0. The largest absolute Gasteiger partial charge is 0.493 e. The number of nitriles is 1. The van der Waals surface area contributed by atoms with Crippen molar-refractivity contribution < 1.29 is 14.3 Å². The van der Waals surface area contributed by atoms with Gasteiger partial charge in [-0.25, -0.2) is 4.79 Å². The Labute approximate surface area is 130 Å². The van der Waals surface area contributed by atoms with E-state index in [4.69, 9.17) is 15.2 Å². The number of hydrogen-bond acceptors (Lipinski definition) is 4. The van der Waals surface area contributed by atoms with Crippen molar-refractivity contribution in [2.45, 2.75) is 37.7 Å². The van der Waals surface area contributed by atoms with Gasteiger partial charge in [-0.2, -0.15) is 5.26 Å². The minimum absolute atomic E-state index is 0.168. The standard InChI is InChI=1S/C16H21N3O3/c1-21-14-7-6-11(12(9-17)10-19-16(18)20)8-15(14)22-13-4-2-3-5-13/h6-8,12-13H,2-5,10H2,1H3,(H3,18,19,20). The molecular formula is C16H21N3O3. The maximum absolute atomic E-state index is 10.8. The summed E-state index contributed by atoms with van der Waals surface area (Å²) in [6.45, 7) is 0.168. The summed E-state index contributed by atoms with van der Waals surface area (Å²) in [6.07, 6.45) is 4.64. The highest BCUT2D eigenvalue weighted by atomic mass is 16.5. The topological polar surface area (TPSA) is 97.4 Å². The monoisotopic (exact) mass is 303 g/mol. The minimum Gasteiger partial charge on any atom is -0.493 e. The first-order valence-electron chi connectivity index (χ1n) is 7.41. The lowest BCUT2D eigenvalue weighted by Gasteiger charge is -2.18. The third-order valence-corrected chi connectivity index (χ3v) is 3.82. The first-order chi connectivity index (χ1) is 10.6. The van der Waals surface area contributed by atoms with Crippen LogP contribution < -0.4 is 20.5 Å². The fourth-order valence-corrected chi connectivity index (χ4v) is 2.63. The molecule has 2 amide bonds. The van der Waals surface area contributed by atoms with E-state index in [1.165, 1.54) is 12.8 Å². The zero-order valence-corrected chi connectivity index (χ0v) is 12.7. The molecule has 0 saturated heterocycles. The maximum atomic E-state index is 10.8. The van der Waals surface area contributed by atoms with Crippen LogP contribution in [0.15, 0.2) is 18.2 Å². The number of carbonyl (C=O) groups is 1. The van der Waals surface area contributed by atoms with Gasteiger partial charge in [-0.15, -0.1) is 0 Å². The lowest BCUT2D eigenvalue weighted by Crippen LogP contribution is -2.32. The molecule has 0 aromatic heterocycles. The van der Waals surface area contributed by atoms with Crippen LogP contribution in [0.2, 0.25) is 0 Å². The summed E-state index contributed by atoms with van der Waals surface area (Å²) in [5.41, 5.74) is 5.82. The number of amides is 2. The van der Waals surface area contributed by atoms with Crippen molar-refractivity contribution >= 4 is 6.03 Å². The van der Waals surface area contributed by atoms with Gasteiger partial charge < -0.3 is 20.5 Å². The molecule has 0 bridgehead atoms. The molecule has 6 heteroatoms. The van der Waals surface area contributed by atoms with E-state index >= 15 is 0 Å². The molecule has 6 nitrogen and oxygen atoms in total. The van der Waals surface area contributed by atoms with Gasteiger partial charge in [0.2, 0.25) is 0 Å². The van der Waals surface area contributed by atoms with Gasteiger partial charge in [-0.1, -0.05) is 6.07 Å². The van der Waals surface area contributed by atoms with Crippen molar-refractivity contribution in [1.29, 1.82) is 5.26 Å². The molecule has 3 N–H and O–H groups in total. The summed E-state index contributed by atoms with van der Waals surface area (Å²) in [6, 6.07) is 6.92. The lowest BCUT2D eigenvalue weighted by molar-refractivity contribution is 0.200. The number of hydrogen-bond donors (Lipinski definition) is 2. The smallest absolute Gasteiger partial charge is 0.312 e. The maximum Gasteiger partial charge on any atom is 0.312 e. The van der Waals surface area contributed by atoms with Crippen LogP contribution in [0.25, 0.3) is 0 Å². The summed E-state index contributed by atoms with van der Waals surface area (Å²) in [5, 5.41) is 11.7. The van der Waals surface area contributed by atoms with E-state index in [0.717, 1.165) is 18.4 Å². The second-order valence-corrected chi connectivity index (χ2v) is 5.36. The zero-order valence-electron chi connectivity index (χ0n) is 12.7. The second-order valence-electron chi connectivity index (χ2n) is 5.36. The van der Waals surface area contributed by atoms with Gasteiger partial charge in [0.15, 0.2) is 11.5 Å². The molecule has 1 aromatic carbocycles. The Kier molecular flexibility index (Phi) is 5.48. The third-order valence-electron chi connectivity index (χ3n) is 3.82. The van der Waals surface area contributed by atoms with Crippen LogP contribution in [-0.4, -0.2) is 25.8 Å². The van der Waals surface area contributed by atoms with Crippen LogP contribution >= 0.6 is 0 Å². The van der Waals surface area contributed by atoms with Gasteiger partial charge in [0, 0.05) is 6.54 Å².